The van der Waals surface area contributed by atoms with Crippen molar-refractivity contribution in [1.29, 1.82) is 0 Å². The van der Waals surface area contributed by atoms with Gasteiger partial charge in [0.15, 0.2) is 5.78 Å². The number of likely N-dealkylation sites (N-methyl/N-ethyl adjacent to an activating group) is 1. The number of anilines is 1. The number of carbonyl (C=O) groups excluding carboxylic acids is 2. The molecule has 106 valence electrons. The minimum absolute atomic E-state index is 0.0771. The number of hydrogen-bond acceptors (Lipinski definition) is 2. The molecule has 0 fully saturated rings. The van der Waals surface area contributed by atoms with Gasteiger partial charge in [0.05, 0.1) is 6.42 Å². The van der Waals surface area contributed by atoms with E-state index in [0.29, 0.717) is 18.4 Å². The molecular weight excluding hydrogens is 262 g/mol. The van der Waals surface area contributed by atoms with E-state index in [1.807, 2.05) is 49.4 Å². The largest absolute Gasteiger partial charge is 0.315 e. The topological polar surface area (TPSA) is 37.4 Å². The monoisotopic (exact) mass is 279 g/mol. The molecule has 0 aliphatic carbocycles. The van der Waals surface area contributed by atoms with Crippen LogP contribution in [-0.2, 0) is 17.6 Å². The standard InChI is InChI=1S/C18H17NO2/c1-12-4-3-5-13(8-12)9-17(20)14-6-7-16-15(10-14)11-18(21)19(16)2/h3-8,10H,9,11H2,1-2H3. The lowest BCUT2D eigenvalue weighted by Gasteiger charge is -2.10. The summed E-state index contributed by atoms with van der Waals surface area (Å²) in [5, 5.41) is 0. The average molecular weight is 279 g/mol. The maximum atomic E-state index is 12.4. The van der Waals surface area contributed by atoms with Gasteiger partial charge in [-0.1, -0.05) is 29.8 Å². The molecule has 0 saturated heterocycles. The second-order valence-corrected chi connectivity index (χ2v) is 5.56. The normalized spacial score (nSPS) is 13.4. The molecule has 2 aromatic carbocycles. The number of Topliss-reactive ketones (excluding diaryl/α,β-unsaturated/α-hetero) is 1. The molecule has 0 unspecified atom stereocenters. The molecule has 21 heavy (non-hydrogen) atoms. The van der Waals surface area contributed by atoms with Crippen LogP contribution in [0.15, 0.2) is 42.5 Å². The first kappa shape index (κ1) is 13.6. The molecule has 0 bridgehead atoms. The zero-order valence-electron chi connectivity index (χ0n) is 12.2. The number of fused-ring (bicyclic) bond motifs is 1. The zero-order chi connectivity index (χ0) is 15.0. The molecule has 0 radical (unpaired) electrons. The number of aryl methyl sites for hydroxylation is 1. The van der Waals surface area contributed by atoms with Crippen LogP contribution in [0, 0.1) is 6.92 Å². The molecule has 0 saturated carbocycles. The van der Waals surface area contributed by atoms with Crippen LogP contribution >= 0.6 is 0 Å². The number of carbonyl (C=O) groups is 2. The van der Waals surface area contributed by atoms with Crippen molar-refractivity contribution < 1.29 is 9.59 Å². The third-order valence-corrected chi connectivity index (χ3v) is 3.93. The molecule has 0 atom stereocenters. The number of amides is 1. The third-order valence-electron chi connectivity index (χ3n) is 3.93. The van der Waals surface area contributed by atoms with Crippen molar-refractivity contribution in [3.63, 3.8) is 0 Å². The number of benzene rings is 2. The van der Waals surface area contributed by atoms with Crippen molar-refractivity contribution >= 4 is 17.4 Å². The molecule has 0 aromatic heterocycles. The van der Waals surface area contributed by atoms with Crippen LogP contribution in [0.2, 0.25) is 0 Å². The highest BCUT2D eigenvalue weighted by molar-refractivity contribution is 6.03. The van der Waals surface area contributed by atoms with Crippen molar-refractivity contribution in [1.82, 2.24) is 0 Å². The Morgan fingerprint density at radius 3 is 2.76 bits per heavy atom. The Morgan fingerprint density at radius 1 is 1.19 bits per heavy atom. The molecule has 3 rings (SSSR count). The highest BCUT2D eigenvalue weighted by Crippen LogP contribution is 2.28. The molecule has 2 aromatic rings. The lowest BCUT2D eigenvalue weighted by atomic mass is 9.99. The quantitative estimate of drug-likeness (QED) is 0.810. The Labute approximate surface area is 124 Å². The van der Waals surface area contributed by atoms with Gasteiger partial charge in [0.1, 0.15) is 0 Å². The summed E-state index contributed by atoms with van der Waals surface area (Å²) >= 11 is 0. The highest BCUT2D eigenvalue weighted by atomic mass is 16.2. The van der Waals surface area contributed by atoms with Gasteiger partial charge in [-0.25, -0.2) is 0 Å². The van der Waals surface area contributed by atoms with E-state index in [4.69, 9.17) is 0 Å². The van der Waals surface area contributed by atoms with E-state index in [9.17, 15) is 9.59 Å². The third kappa shape index (κ3) is 2.59. The van der Waals surface area contributed by atoms with Gasteiger partial charge < -0.3 is 4.90 Å². The van der Waals surface area contributed by atoms with Crippen LogP contribution in [0.3, 0.4) is 0 Å². The molecule has 0 N–H and O–H groups in total. The summed E-state index contributed by atoms with van der Waals surface area (Å²) in [6, 6.07) is 13.5. The minimum atomic E-state index is 0.0771. The van der Waals surface area contributed by atoms with E-state index in [0.717, 1.165) is 22.4 Å². The van der Waals surface area contributed by atoms with Gasteiger partial charge >= 0.3 is 0 Å². The van der Waals surface area contributed by atoms with E-state index in [-0.39, 0.29) is 11.7 Å². The summed E-state index contributed by atoms with van der Waals surface area (Å²) in [6.07, 6.45) is 0.779. The molecule has 1 aliphatic heterocycles. The summed E-state index contributed by atoms with van der Waals surface area (Å²) in [5.41, 5.74) is 4.71. The first-order valence-corrected chi connectivity index (χ1v) is 7.03. The molecule has 0 spiro atoms. The van der Waals surface area contributed by atoms with Gasteiger partial charge in [0.25, 0.3) is 0 Å². The molecule has 1 heterocycles. The highest BCUT2D eigenvalue weighted by Gasteiger charge is 2.24. The van der Waals surface area contributed by atoms with Crippen LogP contribution < -0.4 is 4.90 Å². The van der Waals surface area contributed by atoms with E-state index >= 15 is 0 Å². The van der Waals surface area contributed by atoms with Crippen molar-refractivity contribution in [3.8, 4) is 0 Å². The smallest absolute Gasteiger partial charge is 0.231 e. The predicted molar refractivity (Wildman–Crippen MR) is 82.8 cm³/mol. The zero-order valence-corrected chi connectivity index (χ0v) is 12.2. The number of rotatable bonds is 3. The van der Waals surface area contributed by atoms with Gasteiger partial charge in [-0.15, -0.1) is 0 Å². The first-order chi connectivity index (χ1) is 10.0. The maximum absolute atomic E-state index is 12.4. The van der Waals surface area contributed by atoms with Gasteiger partial charge in [-0.3, -0.25) is 9.59 Å². The maximum Gasteiger partial charge on any atom is 0.231 e. The Hall–Kier alpha value is -2.42. The van der Waals surface area contributed by atoms with Crippen molar-refractivity contribution in [2.75, 3.05) is 11.9 Å². The second-order valence-electron chi connectivity index (χ2n) is 5.56. The van der Waals surface area contributed by atoms with Crippen LogP contribution in [0.5, 0.6) is 0 Å². The van der Waals surface area contributed by atoms with Gasteiger partial charge in [-0.2, -0.15) is 0 Å². The fourth-order valence-corrected chi connectivity index (χ4v) is 2.75. The van der Waals surface area contributed by atoms with E-state index < -0.39 is 0 Å². The molecule has 1 aliphatic rings. The second kappa shape index (κ2) is 5.17. The lowest BCUT2D eigenvalue weighted by Crippen LogP contribution is -2.20. The fourth-order valence-electron chi connectivity index (χ4n) is 2.75. The summed E-state index contributed by atoms with van der Waals surface area (Å²) in [6.45, 7) is 2.02. The predicted octanol–water partition coefficient (Wildman–Crippen LogP) is 2.94. The summed E-state index contributed by atoms with van der Waals surface area (Å²) in [4.78, 5) is 25.7. The number of hydrogen-bond donors (Lipinski definition) is 0. The van der Waals surface area contributed by atoms with E-state index in [1.54, 1.807) is 11.9 Å². The van der Waals surface area contributed by atoms with Crippen LogP contribution in [0.25, 0.3) is 0 Å². The molecular formula is C18H17NO2. The molecule has 3 heteroatoms. The average Bonchev–Trinajstić information content (AvgIpc) is 2.73. The Balaban J connectivity index is 1.83. The summed E-state index contributed by atoms with van der Waals surface area (Å²) in [7, 11) is 1.77. The van der Waals surface area contributed by atoms with Gasteiger partial charge in [-0.05, 0) is 36.2 Å². The minimum Gasteiger partial charge on any atom is -0.315 e. The van der Waals surface area contributed by atoms with Crippen molar-refractivity contribution in [2.24, 2.45) is 0 Å². The van der Waals surface area contributed by atoms with E-state index in [2.05, 4.69) is 0 Å². The Bertz CT molecular complexity index is 734. The fraction of sp³-hybridized carbons (Fsp3) is 0.222. The SMILES string of the molecule is Cc1cccc(CC(=O)c2ccc3c(c2)CC(=O)N3C)c1. The number of ketones is 1. The van der Waals surface area contributed by atoms with Gasteiger partial charge in [0, 0.05) is 24.7 Å². The van der Waals surface area contributed by atoms with Crippen LogP contribution in [0.4, 0.5) is 5.69 Å². The lowest BCUT2D eigenvalue weighted by molar-refractivity contribution is -0.117. The van der Waals surface area contributed by atoms with Crippen molar-refractivity contribution in [3.05, 3.63) is 64.7 Å². The first-order valence-electron chi connectivity index (χ1n) is 7.03. The van der Waals surface area contributed by atoms with E-state index in [1.165, 1.54) is 0 Å². The molecule has 1 amide bonds. The Kier molecular flexibility index (Phi) is 3.34. The van der Waals surface area contributed by atoms with Gasteiger partial charge in [0.2, 0.25) is 5.91 Å². The summed E-state index contributed by atoms with van der Waals surface area (Å²) in [5.74, 6) is 0.165. The molecule has 3 nitrogen and oxygen atoms in total. The summed E-state index contributed by atoms with van der Waals surface area (Å²) < 4.78 is 0. The van der Waals surface area contributed by atoms with Crippen LogP contribution in [0.1, 0.15) is 27.0 Å². The number of nitrogens with zero attached hydrogens (tertiary/aromatic N) is 1. The van der Waals surface area contributed by atoms with Crippen molar-refractivity contribution in [2.45, 2.75) is 19.8 Å². The Morgan fingerprint density at radius 2 is 2.00 bits per heavy atom. The van der Waals surface area contributed by atoms with Crippen LogP contribution in [-0.4, -0.2) is 18.7 Å².